The lowest BCUT2D eigenvalue weighted by atomic mass is 10.2. The van der Waals surface area contributed by atoms with E-state index in [0.29, 0.717) is 0 Å². The van der Waals surface area contributed by atoms with Gasteiger partial charge >= 0.3 is 0 Å². The Morgan fingerprint density at radius 1 is 1.60 bits per heavy atom. The molecule has 2 heteroatoms. The summed E-state index contributed by atoms with van der Waals surface area (Å²) >= 11 is 0. The molecule has 10 heavy (non-hydrogen) atoms. The average Bonchev–Trinajstić information content (AvgIpc) is 1.98. The molecule has 0 fully saturated rings. The van der Waals surface area contributed by atoms with Gasteiger partial charge < -0.3 is 4.74 Å². The van der Waals surface area contributed by atoms with Gasteiger partial charge in [-0.25, -0.2) is 4.79 Å². The van der Waals surface area contributed by atoms with Gasteiger partial charge in [0.25, 0.3) is 0 Å². The average molecular weight is 142 g/mol. The van der Waals surface area contributed by atoms with Crippen molar-refractivity contribution in [1.82, 2.24) is 0 Å². The summed E-state index contributed by atoms with van der Waals surface area (Å²) in [5.74, 6) is 1.85. The second-order valence-corrected chi connectivity index (χ2v) is 2.18. The van der Waals surface area contributed by atoms with Crippen LogP contribution in [0.4, 0.5) is 0 Å². The Morgan fingerprint density at radius 2 is 2.30 bits per heavy atom. The Hall–Kier alpha value is -0.590. The highest BCUT2D eigenvalue weighted by molar-refractivity contribution is 5.50. The monoisotopic (exact) mass is 142 g/mol. The molecular formula is C8H14O2. The van der Waals surface area contributed by atoms with Crippen LogP contribution in [0.5, 0.6) is 0 Å². The molecule has 0 aromatic carbocycles. The van der Waals surface area contributed by atoms with Crippen LogP contribution in [0.1, 0.15) is 26.7 Å². The highest BCUT2D eigenvalue weighted by Crippen LogP contribution is 1.98. The predicted octanol–water partition coefficient (Wildman–Crippen LogP) is 1.58. The summed E-state index contributed by atoms with van der Waals surface area (Å²) in [6.07, 6.45) is 1.73. The minimum absolute atomic E-state index is 0.746. The van der Waals surface area contributed by atoms with Crippen molar-refractivity contribution in [2.24, 2.45) is 0 Å². The van der Waals surface area contributed by atoms with E-state index < -0.39 is 0 Å². The van der Waals surface area contributed by atoms with Crippen molar-refractivity contribution in [3.05, 3.63) is 5.57 Å². The van der Waals surface area contributed by atoms with Gasteiger partial charge in [-0.05, 0) is 26.7 Å². The van der Waals surface area contributed by atoms with E-state index >= 15 is 0 Å². The van der Waals surface area contributed by atoms with E-state index in [1.165, 1.54) is 0 Å². The molecule has 0 atom stereocenters. The largest absolute Gasteiger partial charge is 0.382 e. The molecule has 0 saturated carbocycles. The molecule has 0 spiro atoms. The second-order valence-electron chi connectivity index (χ2n) is 2.18. The van der Waals surface area contributed by atoms with Crippen LogP contribution < -0.4 is 0 Å². The normalized spacial score (nSPS) is 9.00. The Balaban J connectivity index is 3.12. The summed E-state index contributed by atoms with van der Waals surface area (Å²) in [6, 6.07) is 0. The fraction of sp³-hybridized carbons (Fsp3) is 0.750. The van der Waals surface area contributed by atoms with E-state index in [2.05, 4.69) is 0 Å². The lowest BCUT2D eigenvalue weighted by molar-refractivity contribution is 0.145. The van der Waals surface area contributed by atoms with Crippen molar-refractivity contribution in [3.63, 3.8) is 0 Å². The van der Waals surface area contributed by atoms with Gasteiger partial charge in [-0.1, -0.05) is 0 Å². The fourth-order valence-electron chi connectivity index (χ4n) is 0.635. The molecule has 0 radical (unpaired) electrons. The molecule has 0 aliphatic rings. The lowest BCUT2D eigenvalue weighted by Gasteiger charge is -1.97. The number of hydrogen-bond donors (Lipinski definition) is 0. The molecule has 2 nitrogen and oxygen atoms in total. The predicted molar refractivity (Wildman–Crippen MR) is 40.6 cm³/mol. The quantitative estimate of drug-likeness (QED) is 0.430. The Kier molecular flexibility index (Phi) is 6.14. The molecule has 0 unspecified atom stereocenters. The Morgan fingerprint density at radius 3 is 2.80 bits per heavy atom. The van der Waals surface area contributed by atoms with Crippen molar-refractivity contribution < 1.29 is 9.53 Å². The van der Waals surface area contributed by atoms with Gasteiger partial charge in [0.1, 0.15) is 5.94 Å². The summed E-state index contributed by atoms with van der Waals surface area (Å²) in [6.45, 7) is 5.25. The number of rotatable bonds is 5. The number of allylic oxidation sites excluding steroid dienone is 1. The first kappa shape index (κ1) is 9.41. The smallest absolute Gasteiger partial charge is 0.123 e. The van der Waals surface area contributed by atoms with Gasteiger partial charge in [0.2, 0.25) is 0 Å². The first-order valence-corrected chi connectivity index (χ1v) is 3.59. The standard InChI is InChI=1S/C8H14O2/c1-3-10-6-4-5-8(2)7-9/h3-6H2,1-2H3. The van der Waals surface area contributed by atoms with Crippen LogP contribution in [-0.2, 0) is 9.53 Å². The number of ether oxygens (including phenoxy) is 1. The maximum Gasteiger partial charge on any atom is 0.123 e. The third kappa shape index (κ3) is 5.54. The molecule has 0 saturated heterocycles. The second kappa shape index (κ2) is 6.53. The van der Waals surface area contributed by atoms with Gasteiger partial charge in [-0.15, -0.1) is 0 Å². The van der Waals surface area contributed by atoms with Gasteiger partial charge in [-0.3, -0.25) is 0 Å². The van der Waals surface area contributed by atoms with Crippen LogP contribution in [0.15, 0.2) is 5.57 Å². The number of carbonyl (C=O) groups excluding carboxylic acids is 1. The molecule has 0 aromatic rings. The minimum Gasteiger partial charge on any atom is -0.382 e. The molecular weight excluding hydrogens is 128 g/mol. The molecule has 0 rings (SSSR count). The third-order valence-electron chi connectivity index (χ3n) is 1.22. The molecule has 0 aliphatic heterocycles. The maximum absolute atomic E-state index is 9.97. The molecule has 58 valence electrons. The first-order valence-electron chi connectivity index (χ1n) is 3.59. The Labute approximate surface area is 61.9 Å². The van der Waals surface area contributed by atoms with Crippen LogP contribution in [-0.4, -0.2) is 19.2 Å². The summed E-state index contributed by atoms with van der Waals surface area (Å²) in [5.41, 5.74) is 0.778. The highest BCUT2D eigenvalue weighted by Gasteiger charge is 1.89. The SMILES string of the molecule is CCOCCCC(C)=C=O. The van der Waals surface area contributed by atoms with Gasteiger partial charge in [0, 0.05) is 18.8 Å². The van der Waals surface area contributed by atoms with E-state index in [1.807, 2.05) is 12.9 Å². The molecule has 0 heterocycles. The lowest BCUT2D eigenvalue weighted by Crippen LogP contribution is -1.93. The summed E-state index contributed by atoms with van der Waals surface area (Å²) in [4.78, 5) is 9.97. The van der Waals surface area contributed by atoms with Crippen molar-refractivity contribution in [3.8, 4) is 0 Å². The van der Waals surface area contributed by atoms with Crippen molar-refractivity contribution in [2.45, 2.75) is 26.7 Å². The van der Waals surface area contributed by atoms with Gasteiger partial charge in [-0.2, -0.15) is 0 Å². The van der Waals surface area contributed by atoms with E-state index in [-0.39, 0.29) is 0 Å². The van der Waals surface area contributed by atoms with E-state index in [9.17, 15) is 4.79 Å². The van der Waals surface area contributed by atoms with Crippen molar-refractivity contribution >= 4 is 5.94 Å². The van der Waals surface area contributed by atoms with E-state index in [1.54, 1.807) is 6.92 Å². The van der Waals surface area contributed by atoms with Crippen LogP contribution in [0, 0.1) is 0 Å². The molecule has 0 bridgehead atoms. The zero-order valence-electron chi connectivity index (χ0n) is 6.64. The summed E-state index contributed by atoms with van der Waals surface area (Å²) in [5, 5.41) is 0. The fourth-order valence-corrected chi connectivity index (χ4v) is 0.635. The zero-order valence-corrected chi connectivity index (χ0v) is 6.64. The van der Waals surface area contributed by atoms with Crippen LogP contribution in [0.25, 0.3) is 0 Å². The molecule has 0 aliphatic carbocycles. The highest BCUT2D eigenvalue weighted by atomic mass is 16.5. The minimum atomic E-state index is 0.746. The molecule has 0 amide bonds. The van der Waals surface area contributed by atoms with Gasteiger partial charge in [0.05, 0.1) is 0 Å². The van der Waals surface area contributed by atoms with E-state index in [4.69, 9.17) is 4.74 Å². The van der Waals surface area contributed by atoms with Crippen molar-refractivity contribution in [1.29, 1.82) is 0 Å². The van der Waals surface area contributed by atoms with Crippen LogP contribution >= 0.6 is 0 Å². The van der Waals surface area contributed by atoms with Gasteiger partial charge in [0.15, 0.2) is 0 Å². The van der Waals surface area contributed by atoms with Crippen LogP contribution in [0.2, 0.25) is 0 Å². The summed E-state index contributed by atoms with van der Waals surface area (Å²) in [7, 11) is 0. The topological polar surface area (TPSA) is 26.3 Å². The van der Waals surface area contributed by atoms with Crippen LogP contribution in [0.3, 0.4) is 0 Å². The zero-order chi connectivity index (χ0) is 7.82. The number of hydrogen-bond acceptors (Lipinski definition) is 2. The van der Waals surface area contributed by atoms with E-state index in [0.717, 1.165) is 31.6 Å². The molecule has 0 N–H and O–H groups in total. The van der Waals surface area contributed by atoms with Crippen molar-refractivity contribution in [2.75, 3.05) is 13.2 Å². The Bertz CT molecular complexity index is 123. The first-order chi connectivity index (χ1) is 4.81. The molecule has 0 aromatic heterocycles. The maximum atomic E-state index is 9.97. The summed E-state index contributed by atoms with van der Waals surface area (Å²) < 4.78 is 5.09. The third-order valence-corrected chi connectivity index (χ3v) is 1.22.